The SMILES string of the molecule is Cc1ccc(-c2ccc(OC(=O)CCCOc3ccc(C(C)C)cc3)cc2)cc1. The highest BCUT2D eigenvalue weighted by Gasteiger charge is 2.06. The van der Waals surface area contributed by atoms with E-state index in [9.17, 15) is 4.79 Å². The molecule has 3 aromatic carbocycles. The van der Waals surface area contributed by atoms with Gasteiger partial charge in [-0.25, -0.2) is 0 Å². The van der Waals surface area contributed by atoms with Crippen LogP contribution in [0, 0.1) is 6.92 Å². The molecule has 0 N–H and O–H groups in total. The molecule has 0 fully saturated rings. The van der Waals surface area contributed by atoms with Crippen molar-refractivity contribution < 1.29 is 14.3 Å². The van der Waals surface area contributed by atoms with Gasteiger partial charge in [-0.3, -0.25) is 4.79 Å². The van der Waals surface area contributed by atoms with Crippen molar-refractivity contribution in [3.63, 3.8) is 0 Å². The Morgan fingerprint density at radius 3 is 1.93 bits per heavy atom. The van der Waals surface area contributed by atoms with Crippen LogP contribution < -0.4 is 9.47 Å². The van der Waals surface area contributed by atoms with Crippen molar-refractivity contribution in [3.05, 3.63) is 83.9 Å². The second-order valence-electron chi connectivity index (χ2n) is 7.54. The van der Waals surface area contributed by atoms with Crippen LogP contribution in [0.4, 0.5) is 0 Å². The number of hydrogen-bond donors (Lipinski definition) is 0. The van der Waals surface area contributed by atoms with Gasteiger partial charge in [-0.05, 0) is 60.2 Å². The number of aryl methyl sites for hydroxylation is 1. The fourth-order valence-corrected chi connectivity index (χ4v) is 3.00. The minimum atomic E-state index is -0.244. The molecule has 0 unspecified atom stereocenters. The average molecular weight is 389 g/mol. The molecular weight excluding hydrogens is 360 g/mol. The normalized spacial score (nSPS) is 10.8. The second kappa shape index (κ2) is 9.92. The Balaban J connectivity index is 1.41. The van der Waals surface area contributed by atoms with Crippen LogP contribution in [0.5, 0.6) is 11.5 Å². The number of carbonyl (C=O) groups excluding carboxylic acids is 1. The monoisotopic (exact) mass is 388 g/mol. The summed E-state index contributed by atoms with van der Waals surface area (Å²) in [5.41, 5.74) is 4.76. The number of ether oxygens (including phenoxy) is 2. The Bertz CT molecular complexity index is 908. The first-order valence-corrected chi connectivity index (χ1v) is 10.1. The summed E-state index contributed by atoms with van der Waals surface area (Å²) in [4.78, 5) is 12.1. The average Bonchev–Trinajstić information content (AvgIpc) is 2.73. The summed E-state index contributed by atoms with van der Waals surface area (Å²) in [6.07, 6.45) is 0.940. The van der Waals surface area contributed by atoms with Crippen molar-refractivity contribution in [3.8, 4) is 22.6 Å². The van der Waals surface area contributed by atoms with Crippen LogP contribution in [0.25, 0.3) is 11.1 Å². The first-order chi connectivity index (χ1) is 14.0. The Morgan fingerprint density at radius 1 is 0.793 bits per heavy atom. The fraction of sp³-hybridized carbons (Fsp3) is 0.269. The van der Waals surface area contributed by atoms with E-state index >= 15 is 0 Å². The minimum Gasteiger partial charge on any atom is -0.494 e. The van der Waals surface area contributed by atoms with Crippen LogP contribution in [-0.2, 0) is 4.79 Å². The number of rotatable bonds is 8. The summed E-state index contributed by atoms with van der Waals surface area (Å²) in [5.74, 6) is 1.65. The van der Waals surface area contributed by atoms with Crippen LogP contribution in [-0.4, -0.2) is 12.6 Å². The summed E-state index contributed by atoms with van der Waals surface area (Å²) in [6.45, 7) is 6.89. The topological polar surface area (TPSA) is 35.5 Å². The highest BCUT2D eigenvalue weighted by molar-refractivity contribution is 5.73. The molecule has 3 nitrogen and oxygen atoms in total. The first-order valence-electron chi connectivity index (χ1n) is 10.1. The van der Waals surface area contributed by atoms with Crippen molar-refractivity contribution >= 4 is 5.97 Å². The molecule has 29 heavy (non-hydrogen) atoms. The Labute approximate surface area is 173 Å². The van der Waals surface area contributed by atoms with Gasteiger partial charge in [0, 0.05) is 6.42 Å². The minimum absolute atomic E-state index is 0.244. The zero-order valence-electron chi connectivity index (χ0n) is 17.4. The van der Waals surface area contributed by atoms with Crippen molar-refractivity contribution in [2.45, 2.75) is 39.5 Å². The molecule has 0 spiro atoms. The van der Waals surface area contributed by atoms with Crippen molar-refractivity contribution in [1.82, 2.24) is 0 Å². The number of esters is 1. The molecule has 0 saturated carbocycles. The highest BCUT2D eigenvalue weighted by Crippen LogP contribution is 2.23. The van der Waals surface area contributed by atoms with Crippen LogP contribution >= 0.6 is 0 Å². The zero-order chi connectivity index (χ0) is 20.6. The molecule has 0 heterocycles. The summed E-state index contributed by atoms with van der Waals surface area (Å²) in [5, 5.41) is 0. The molecule has 0 radical (unpaired) electrons. The van der Waals surface area contributed by atoms with E-state index in [4.69, 9.17) is 9.47 Å². The zero-order valence-corrected chi connectivity index (χ0v) is 17.4. The van der Waals surface area contributed by atoms with Gasteiger partial charge in [0.15, 0.2) is 0 Å². The molecule has 3 rings (SSSR count). The standard InChI is InChI=1S/C26H28O3/c1-19(2)21-10-14-24(15-11-21)28-18-4-5-26(27)29-25-16-12-23(13-17-25)22-8-6-20(3)7-9-22/h6-17,19H,4-5,18H2,1-3H3. The molecule has 0 amide bonds. The maximum absolute atomic E-state index is 12.1. The summed E-state index contributed by atoms with van der Waals surface area (Å²) < 4.78 is 11.1. The molecule has 0 atom stereocenters. The number of hydrogen-bond acceptors (Lipinski definition) is 3. The van der Waals surface area contributed by atoms with Gasteiger partial charge >= 0.3 is 5.97 Å². The summed E-state index contributed by atoms with van der Waals surface area (Å²) in [6, 6.07) is 24.1. The number of benzene rings is 3. The van der Waals surface area contributed by atoms with Gasteiger partial charge in [0.1, 0.15) is 11.5 Å². The number of carbonyl (C=O) groups is 1. The highest BCUT2D eigenvalue weighted by atomic mass is 16.5. The van der Waals surface area contributed by atoms with Gasteiger partial charge < -0.3 is 9.47 Å². The molecule has 3 aromatic rings. The lowest BCUT2D eigenvalue weighted by Crippen LogP contribution is -2.09. The third-order valence-electron chi connectivity index (χ3n) is 4.81. The molecule has 0 aliphatic carbocycles. The lowest BCUT2D eigenvalue weighted by atomic mass is 10.0. The summed E-state index contributed by atoms with van der Waals surface area (Å²) >= 11 is 0. The lowest BCUT2D eigenvalue weighted by molar-refractivity contribution is -0.134. The van der Waals surface area contributed by atoms with E-state index in [1.165, 1.54) is 11.1 Å². The maximum Gasteiger partial charge on any atom is 0.311 e. The third-order valence-corrected chi connectivity index (χ3v) is 4.81. The lowest BCUT2D eigenvalue weighted by Gasteiger charge is -2.09. The van der Waals surface area contributed by atoms with Crippen molar-refractivity contribution in [2.75, 3.05) is 6.61 Å². The van der Waals surface area contributed by atoms with Crippen LogP contribution in [0.1, 0.15) is 43.7 Å². The fourth-order valence-electron chi connectivity index (χ4n) is 3.00. The van der Waals surface area contributed by atoms with Crippen LogP contribution in [0.3, 0.4) is 0 Å². The maximum atomic E-state index is 12.1. The van der Waals surface area contributed by atoms with Gasteiger partial charge in [0.2, 0.25) is 0 Å². The van der Waals surface area contributed by atoms with E-state index in [-0.39, 0.29) is 5.97 Å². The van der Waals surface area contributed by atoms with E-state index in [0.29, 0.717) is 31.1 Å². The van der Waals surface area contributed by atoms with E-state index in [1.807, 2.05) is 36.4 Å². The van der Waals surface area contributed by atoms with Gasteiger partial charge in [-0.2, -0.15) is 0 Å². The summed E-state index contributed by atoms with van der Waals surface area (Å²) in [7, 11) is 0. The van der Waals surface area contributed by atoms with E-state index < -0.39 is 0 Å². The molecule has 0 aliphatic rings. The molecule has 150 valence electrons. The molecule has 0 aromatic heterocycles. The van der Waals surface area contributed by atoms with Crippen LogP contribution in [0.2, 0.25) is 0 Å². The first kappa shape index (κ1) is 20.7. The molecule has 0 saturated heterocycles. The van der Waals surface area contributed by atoms with E-state index in [2.05, 4.69) is 57.2 Å². The molecule has 3 heteroatoms. The predicted molar refractivity (Wildman–Crippen MR) is 118 cm³/mol. The quantitative estimate of drug-likeness (QED) is 0.249. The van der Waals surface area contributed by atoms with Crippen molar-refractivity contribution in [1.29, 1.82) is 0 Å². The van der Waals surface area contributed by atoms with Gasteiger partial charge in [0.05, 0.1) is 6.61 Å². The molecular formula is C26H28O3. The predicted octanol–water partition coefficient (Wildman–Crippen LogP) is 6.55. The Hall–Kier alpha value is -3.07. The second-order valence-corrected chi connectivity index (χ2v) is 7.54. The van der Waals surface area contributed by atoms with E-state index in [0.717, 1.165) is 16.9 Å². The Kier molecular flexibility index (Phi) is 7.07. The molecule has 0 aliphatic heterocycles. The Morgan fingerprint density at radius 2 is 1.34 bits per heavy atom. The largest absolute Gasteiger partial charge is 0.494 e. The van der Waals surface area contributed by atoms with Gasteiger partial charge in [0.25, 0.3) is 0 Å². The van der Waals surface area contributed by atoms with Crippen molar-refractivity contribution in [2.24, 2.45) is 0 Å². The third kappa shape index (κ3) is 6.21. The smallest absolute Gasteiger partial charge is 0.311 e. The molecule has 0 bridgehead atoms. The van der Waals surface area contributed by atoms with E-state index in [1.54, 1.807) is 0 Å². The van der Waals surface area contributed by atoms with Gasteiger partial charge in [-0.1, -0.05) is 67.9 Å². The van der Waals surface area contributed by atoms with Gasteiger partial charge in [-0.15, -0.1) is 0 Å². The van der Waals surface area contributed by atoms with Crippen LogP contribution in [0.15, 0.2) is 72.8 Å².